The molecule has 1 atom stereocenters. The van der Waals surface area contributed by atoms with Gasteiger partial charge in [-0.25, -0.2) is 4.98 Å². The molecule has 0 amide bonds. The molecule has 0 aliphatic rings. The molecular weight excluding hydrogens is 343 g/mol. The highest BCUT2D eigenvalue weighted by molar-refractivity contribution is 14.1. The molecule has 17 heavy (non-hydrogen) atoms. The first-order chi connectivity index (χ1) is 8.20. The van der Waals surface area contributed by atoms with E-state index in [0.29, 0.717) is 12.0 Å². The van der Waals surface area contributed by atoms with E-state index in [1.807, 2.05) is 6.07 Å². The van der Waals surface area contributed by atoms with Crippen LogP contribution in [0.1, 0.15) is 18.9 Å². The van der Waals surface area contributed by atoms with Crippen molar-refractivity contribution < 1.29 is 0 Å². The third kappa shape index (κ3) is 3.39. The number of nitrogens with zero attached hydrogens (tertiary/aromatic N) is 1. The zero-order valence-corrected chi connectivity index (χ0v) is 13.1. The second-order valence-corrected chi connectivity index (χ2v) is 6.46. The average molecular weight is 360 g/mol. The lowest BCUT2D eigenvalue weighted by atomic mass is 10.1. The van der Waals surface area contributed by atoms with Gasteiger partial charge < -0.3 is 5.32 Å². The number of para-hydroxylation sites is 1. The highest BCUT2D eigenvalue weighted by Crippen LogP contribution is 2.21. The van der Waals surface area contributed by atoms with Crippen molar-refractivity contribution in [1.82, 2.24) is 10.3 Å². The van der Waals surface area contributed by atoms with E-state index in [1.54, 1.807) is 11.3 Å². The van der Waals surface area contributed by atoms with Crippen molar-refractivity contribution in [3.05, 3.63) is 29.3 Å². The van der Waals surface area contributed by atoms with Crippen LogP contribution in [0.5, 0.6) is 0 Å². The molecule has 0 bridgehead atoms. The number of hydrogen-bond acceptors (Lipinski definition) is 3. The average Bonchev–Trinajstić information content (AvgIpc) is 2.71. The van der Waals surface area contributed by atoms with Crippen molar-refractivity contribution in [2.24, 2.45) is 5.92 Å². The fourth-order valence-corrected chi connectivity index (χ4v) is 3.93. The molecule has 0 spiro atoms. The van der Waals surface area contributed by atoms with Crippen LogP contribution in [0, 0.1) is 5.92 Å². The Morgan fingerprint density at radius 1 is 1.35 bits per heavy atom. The fourth-order valence-electron chi connectivity index (χ4n) is 1.68. The first-order valence-corrected chi connectivity index (χ1v) is 8.18. The number of aromatic nitrogens is 1. The summed E-state index contributed by atoms with van der Waals surface area (Å²) in [6.07, 6.45) is 0. The van der Waals surface area contributed by atoms with Crippen LogP contribution in [0.4, 0.5) is 0 Å². The maximum Gasteiger partial charge on any atom is 0.108 e. The van der Waals surface area contributed by atoms with Crippen LogP contribution >= 0.6 is 33.9 Å². The van der Waals surface area contributed by atoms with E-state index in [1.165, 1.54) is 9.71 Å². The van der Waals surface area contributed by atoms with E-state index in [9.17, 15) is 0 Å². The molecule has 2 nitrogen and oxygen atoms in total. The zero-order valence-electron chi connectivity index (χ0n) is 10.1. The lowest BCUT2D eigenvalue weighted by Crippen LogP contribution is -2.34. The topological polar surface area (TPSA) is 24.9 Å². The Hall–Kier alpha value is -0.200. The number of benzene rings is 1. The minimum absolute atomic E-state index is 0.572. The summed E-state index contributed by atoms with van der Waals surface area (Å²) in [5.74, 6) is 0.668. The molecule has 1 heterocycles. The maximum atomic E-state index is 4.63. The predicted molar refractivity (Wildman–Crippen MR) is 84.0 cm³/mol. The highest BCUT2D eigenvalue weighted by atomic mass is 127. The Morgan fingerprint density at radius 2 is 2.12 bits per heavy atom. The molecule has 0 aliphatic heterocycles. The summed E-state index contributed by atoms with van der Waals surface area (Å²) in [7, 11) is 0. The molecule has 2 aromatic rings. The molecule has 4 heteroatoms. The minimum atomic E-state index is 0.572. The number of thiazole rings is 1. The van der Waals surface area contributed by atoms with Gasteiger partial charge in [-0.1, -0.05) is 48.6 Å². The van der Waals surface area contributed by atoms with Gasteiger partial charge >= 0.3 is 0 Å². The lowest BCUT2D eigenvalue weighted by molar-refractivity contribution is 0.436. The first kappa shape index (κ1) is 13.2. The summed E-state index contributed by atoms with van der Waals surface area (Å²) in [4.78, 5) is 4.63. The first-order valence-electron chi connectivity index (χ1n) is 5.84. The summed E-state index contributed by atoms with van der Waals surface area (Å²) >= 11 is 4.23. The molecule has 2 rings (SSSR count). The molecule has 0 aliphatic carbocycles. The van der Waals surface area contributed by atoms with Crippen LogP contribution in [0.2, 0.25) is 0 Å². The molecule has 0 saturated heterocycles. The summed E-state index contributed by atoms with van der Waals surface area (Å²) in [6.45, 7) is 5.40. The maximum absolute atomic E-state index is 4.63. The van der Waals surface area contributed by atoms with E-state index in [2.05, 4.69) is 64.9 Å². The summed E-state index contributed by atoms with van der Waals surface area (Å²) in [6, 6.07) is 8.89. The van der Waals surface area contributed by atoms with Gasteiger partial charge in [-0.3, -0.25) is 0 Å². The quantitative estimate of drug-likeness (QED) is 0.647. The second-order valence-electron chi connectivity index (χ2n) is 4.46. The number of fused-ring (bicyclic) bond motifs is 1. The fraction of sp³-hybridized carbons (Fsp3) is 0.462. The van der Waals surface area contributed by atoms with Gasteiger partial charge in [-0.2, -0.15) is 0 Å². The summed E-state index contributed by atoms with van der Waals surface area (Å²) in [5, 5.41) is 4.77. The van der Waals surface area contributed by atoms with Crippen LogP contribution in [-0.4, -0.2) is 15.5 Å². The van der Waals surface area contributed by atoms with Gasteiger partial charge in [0, 0.05) is 17.0 Å². The van der Waals surface area contributed by atoms with Crippen LogP contribution < -0.4 is 5.32 Å². The van der Waals surface area contributed by atoms with Crippen molar-refractivity contribution in [2.75, 3.05) is 4.43 Å². The van der Waals surface area contributed by atoms with Gasteiger partial charge in [0.25, 0.3) is 0 Å². The van der Waals surface area contributed by atoms with Gasteiger partial charge in [-0.05, 0) is 18.1 Å². The smallest absolute Gasteiger partial charge is 0.108 e. The highest BCUT2D eigenvalue weighted by Gasteiger charge is 2.11. The molecule has 92 valence electrons. The number of nitrogens with one attached hydrogen (secondary N) is 1. The molecule has 1 unspecified atom stereocenters. The van der Waals surface area contributed by atoms with Crippen molar-refractivity contribution in [3.63, 3.8) is 0 Å². The SMILES string of the molecule is CC(C)C(CI)NCc1nc2ccccc2s1. The van der Waals surface area contributed by atoms with Crippen LogP contribution in [-0.2, 0) is 6.54 Å². The van der Waals surface area contributed by atoms with E-state index in [4.69, 9.17) is 0 Å². The molecule has 1 N–H and O–H groups in total. The monoisotopic (exact) mass is 360 g/mol. The number of hydrogen-bond donors (Lipinski definition) is 1. The van der Waals surface area contributed by atoms with Gasteiger partial charge in [0.1, 0.15) is 5.01 Å². The van der Waals surface area contributed by atoms with Crippen molar-refractivity contribution in [3.8, 4) is 0 Å². The normalized spacial score (nSPS) is 13.4. The van der Waals surface area contributed by atoms with E-state index in [0.717, 1.165) is 16.5 Å². The number of alkyl halides is 1. The largest absolute Gasteiger partial charge is 0.307 e. The standard InChI is InChI=1S/C13H17IN2S/c1-9(2)11(7-14)15-8-13-16-10-5-3-4-6-12(10)17-13/h3-6,9,11,15H,7-8H2,1-2H3. The Kier molecular flexibility index (Phi) is 4.76. The summed E-state index contributed by atoms with van der Waals surface area (Å²) in [5.41, 5.74) is 1.12. The van der Waals surface area contributed by atoms with Crippen molar-refractivity contribution >= 4 is 44.1 Å². The van der Waals surface area contributed by atoms with Crippen molar-refractivity contribution in [1.29, 1.82) is 0 Å². The predicted octanol–water partition coefficient (Wildman–Crippen LogP) is 3.85. The third-order valence-electron chi connectivity index (χ3n) is 2.82. The third-order valence-corrected chi connectivity index (χ3v) is 4.81. The van der Waals surface area contributed by atoms with E-state index < -0.39 is 0 Å². The van der Waals surface area contributed by atoms with Gasteiger partial charge in [0.05, 0.1) is 10.2 Å². The molecule has 0 radical (unpaired) electrons. The van der Waals surface area contributed by atoms with Gasteiger partial charge in [-0.15, -0.1) is 11.3 Å². The minimum Gasteiger partial charge on any atom is -0.307 e. The molecule has 0 fully saturated rings. The number of halogens is 1. The Morgan fingerprint density at radius 3 is 2.76 bits per heavy atom. The van der Waals surface area contributed by atoms with Crippen LogP contribution in [0.3, 0.4) is 0 Å². The van der Waals surface area contributed by atoms with Crippen LogP contribution in [0.15, 0.2) is 24.3 Å². The van der Waals surface area contributed by atoms with Gasteiger partial charge in [0.15, 0.2) is 0 Å². The number of rotatable bonds is 5. The van der Waals surface area contributed by atoms with Crippen LogP contribution in [0.25, 0.3) is 10.2 Å². The van der Waals surface area contributed by atoms with E-state index >= 15 is 0 Å². The Bertz CT molecular complexity index is 448. The molecule has 0 saturated carbocycles. The van der Waals surface area contributed by atoms with Gasteiger partial charge in [0.2, 0.25) is 0 Å². The molecule has 1 aromatic carbocycles. The Labute approximate surface area is 120 Å². The molecule has 1 aromatic heterocycles. The Balaban J connectivity index is 2.03. The lowest BCUT2D eigenvalue weighted by Gasteiger charge is -2.19. The molecular formula is C13H17IN2S. The van der Waals surface area contributed by atoms with E-state index in [-0.39, 0.29) is 0 Å². The summed E-state index contributed by atoms with van der Waals surface area (Å²) < 4.78 is 2.42. The van der Waals surface area contributed by atoms with Crippen molar-refractivity contribution in [2.45, 2.75) is 26.4 Å². The zero-order chi connectivity index (χ0) is 12.3. The second kappa shape index (κ2) is 6.11.